The van der Waals surface area contributed by atoms with Crippen LogP contribution in [0.4, 0.5) is 0 Å². The molecule has 2 aliphatic carbocycles. The third-order valence-electron chi connectivity index (χ3n) is 15.5. The van der Waals surface area contributed by atoms with E-state index >= 15 is 0 Å². The molecular formula is C56H56N4. The maximum absolute atomic E-state index is 5.35. The van der Waals surface area contributed by atoms with Gasteiger partial charge in [0.15, 0.2) is 0 Å². The van der Waals surface area contributed by atoms with Crippen LogP contribution in [0.15, 0.2) is 192 Å². The van der Waals surface area contributed by atoms with E-state index in [1.165, 1.54) is 96.4 Å². The fourth-order valence-electron chi connectivity index (χ4n) is 12.8. The SMILES string of the molecule is c1ccc(C2=N[C@H]3CCCC[C@]34CC(c3ccccc3)(c3ccccc3)CN24)cc1.c1ccc(C2=N[C@H]3CCCC[C@]34CC(c3ccccc3)(c3ccccc3)CN24)cc1. The molecule has 6 aliphatic rings. The van der Waals surface area contributed by atoms with E-state index in [4.69, 9.17) is 9.98 Å². The maximum Gasteiger partial charge on any atom is 0.131 e. The Morgan fingerprint density at radius 3 is 0.983 bits per heavy atom. The van der Waals surface area contributed by atoms with E-state index in [0.29, 0.717) is 12.1 Å². The van der Waals surface area contributed by atoms with Crippen LogP contribution in [-0.4, -0.2) is 57.7 Å². The molecule has 2 saturated heterocycles. The largest absolute Gasteiger partial charge is 0.347 e. The third-order valence-corrected chi connectivity index (χ3v) is 15.5. The number of amidine groups is 2. The zero-order chi connectivity index (χ0) is 40.0. The lowest BCUT2D eigenvalue weighted by atomic mass is 9.66. The van der Waals surface area contributed by atoms with Crippen molar-refractivity contribution in [2.24, 2.45) is 9.98 Å². The van der Waals surface area contributed by atoms with Crippen LogP contribution < -0.4 is 0 Å². The third kappa shape index (κ3) is 5.92. The summed E-state index contributed by atoms with van der Waals surface area (Å²) in [7, 11) is 0. The first-order valence-electron chi connectivity index (χ1n) is 22.7. The Labute approximate surface area is 356 Å². The molecule has 0 N–H and O–H groups in total. The van der Waals surface area contributed by atoms with Crippen molar-refractivity contribution in [3.05, 3.63) is 215 Å². The first-order chi connectivity index (χ1) is 29.6. The number of hydrogen-bond acceptors (Lipinski definition) is 4. The van der Waals surface area contributed by atoms with Crippen LogP contribution in [-0.2, 0) is 10.8 Å². The summed E-state index contributed by atoms with van der Waals surface area (Å²) in [5, 5.41) is 0. The zero-order valence-electron chi connectivity index (χ0n) is 34.7. The van der Waals surface area contributed by atoms with E-state index < -0.39 is 0 Å². The molecule has 4 nitrogen and oxygen atoms in total. The van der Waals surface area contributed by atoms with Gasteiger partial charge in [-0.3, -0.25) is 9.98 Å². The van der Waals surface area contributed by atoms with Gasteiger partial charge in [-0.15, -0.1) is 0 Å². The fraction of sp³-hybridized carbons (Fsp3) is 0.321. The molecule has 6 aromatic rings. The molecule has 6 aromatic carbocycles. The van der Waals surface area contributed by atoms with E-state index in [1.807, 2.05) is 0 Å². The molecule has 2 saturated carbocycles. The fourth-order valence-corrected chi connectivity index (χ4v) is 12.8. The minimum Gasteiger partial charge on any atom is -0.347 e. The summed E-state index contributed by atoms with van der Waals surface area (Å²) < 4.78 is 0. The van der Waals surface area contributed by atoms with Crippen molar-refractivity contribution >= 4 is 11.7 Å². The molecule has 0 unspecified atom stereocenters. The van der Waals surface area contributed by atoms with E-state index in [9.17, 15) is 0 Å². The van der Waals surface area contributed by atoms with Crippen molar-refractivity contribution in [1.82, 2.24) is 9.80 Å². The zero-order valence-corrected chi connectivity index (χ0v) is 34.7. The van der Waals surface area contributed by atoms with Gasteiger partial charge in [0.2, 0.25) is 0 Å². The standard InChI is InChI=1S/2C28H28N2/c2*1-4-12-22(13-5-1)26-29-25-18-10-11-19-28(25)20-27(21-30(26)28,23-14-6-2-7-15-23)24-16-8-3-9-17-24/h2*1-9,12-17,25H,10-11,18-21H2/t2*25-,28-/m00/s1. The number of benzene rings is 6. The molecule has 4 fully saturated rings. The maximum atomic E-state index is 5.35. The molecule has 4 atom stereocenters. The van der Waals surface area contributed by atoms with Gasteiger partial charge in [-0.25, -0.2) is 0 Å². The van der Waals surface area contributed by atoms with Crippen molar-refractivity contribution in [1.29, 1.82) is 0 Å². The molecular weight excluding hydrogens is 729 g/mol. The quantitative estimate of drug-likeness (QED) is 0.168. The van der Waals surface area contributed by atoms with Gasteiger partial charge in [0.05, 0.1) is 23.2 Å². The highest BCUT2D eigenvalue weighted by Gasteiger charge is 2.63. The Morgan fingerprint density at radius 2 is 0.667 bits per heavy atom. The van der Waals surface area contributed by atoms with E-state index in [-0.39, 0.29) is 21.9 Å². The lowest BCUT2D eigenvalue weighted by Gasteiger charge is -2.41. The molecule has 0 aromatic heterocycles. The lowest BCUT2D eigenvalue weighted by molar-refractivity contribution is 0.158. The molecule has 60 heavy (non-hydrogen) atoms. The molecule has 4 aliphatic heterocycles. The van der Waals surface area contributed by atoms with Crippen LogP contribution in [0, 0.1) is 0 Å². The second-order valence-electron chi connectivity index (χ2n) is 18.5. The number of hydrogen-bond donors (Lipinski definition) is 0. The second kappa shape index (κ2) is 15.1. The highest BCUT2D eigenvalue weighted by Crippen LogP contribution is 2.58. The van der Waals surface area contributed by atoms with Crippen molar-refractivity contribution in [2.75, 3.05) is 13.1 Å². The van der Waals surface area contributed by atoms with Crippen molar-refractivity contribution in [3.8, 4) is 0 Å². The van der Waals surface area contributed by atoms with Gasteiger partial charge in [0.25, 0.3) is 0 Å². The average molecular weight is 785 g/mol. The molecule has 4 heteroatoms. The Kier molecular flexibility index (Phi) is 9.36. The van der Waals surface area contributed by atoms with Crippen molar-refractivity contribution in [3.63, 3.8) is 0 Å². The predicted octanol–water partition coefficient (Wildman–Crippen LogP) is 11.6. The highest BCUT2D eigenvalue weighted by atomic mass is 15.4. The van der Waals surface area contributed by atoms with E-state index in [0.717, 1.165) is 25.9 Å². The first kappa shape index (κ1) is 37.3. The predicted molar refractivity (Wildman–Crippen MR) is 246 cm³/mol. The smallest absolute Gasteiger partial charge is 0.131 e. The first-order valence-corrected chi connectivity index (χ1v) is 22.7. The average Bonchev–Trinajstić information content (AvgIpc) is 4.04. The number of nitrogens with zero attached hydrogens (tertiary/aromatic N) is 4. The van der Waals surface area contributed by atoms with Crippen molar-refractivity contribution < 1.29 is 0 Å². The van der Waals surface area contributed by atoms with Gasteiger partial charge in [0.1, 0.15) is 11.7 Å². The number of aliphatic imine (C=N–C) groups is 2. The molecule has 12 rings (SSSR count). The minimum absolute atomic E-state index is 0.00802. The van der Waals surface area contributed by atoms with E-state index in [2.05, 4.69) is 192 Å². The Hall–Kier alpha value is -5.74. The monoisotopic (exact) mass is 784 g/mol. The molecule has 2 spiro atoms. The molecule has 0 radical (unpaired) electrons. The topological polar surface area (TPSA) is 31.2 Å². The van der Waals surface area contributed by atoms with Gasteiger partial charge >= 0.3 is 0 Å². The number of rotatable bonds is 6. The Balaban J connectivity index is 0.000000136. The van der Waals surface area contributed by atoms with Crippen LogP contribution in [0.2, 0.25) is 0 Å². The summed E-state index contributed by atoms with van der Waals surface area (Å²) in [6, 6.07) is 67.4. The van der Waals surface area contributed by atoms with Gasteiger partial charge in [-0.2, -0.15) is 0 Å². The minimum atomic E-state index is 0.00802. The van der Waals surface area contributed by atoms with Crippen LogP contribution in [0.5, 0.6) is 0 Å². The van der Waals surface area contributed by atoms with Crippen LogP contribution in [0.3, 0.4) is 0 Å². The van der Waals surface area contributed by atoms with Crippen molar-refractivity contribution in [2.45, 2.75) is 98.2 Å². The normalized spacial score (nSPS) is 26.7. The molecule has 4 heterocycles. The molecule has 300 valence electrons. The summed E-state index contributed by atoms with van der Waals surface area (Å²) in [5.41, 5.74) is 8.61. The van der Waals surface area contributed by atoms with Gasteiger partial charge in [-0.1, -0.05) is 208 Å². The second-order valence-corrected chi connectivity index (χ2v) is 18.5. The van der Waals surface area contributed by atoms with E-state index in [1.54, 1.807) is 0 Å². The Bertz CT molecular complexity index is 2210. The van der Waals surface area contributed by atoms with Gasteiger partial charge in [0, 0.05) is 35.0 Å². The molecule has 0 bridgehead atoms. The van der Waals surface area contributed by atoms with Gasteiger partial charge in [-0.05, 0) is 60.8 Å². The van der Waals surface area contributed by atoms with Crippen LogP contribution in [0.25, 0.3) is 0 Å². The van der Waals surface area contributed by atoms with Crippen LogP contribution in [0.1, 0.15) is 97.6 Å². The van der Waals surface area contributed by atoms with Crippen LogP contribution >= 0.6 is 0 Å². The summed E-state index contributed by atoms with van der Waals surface area (Å²) in [6.07, 6.45) is 12.5. The summed E-state index contributed by atoms with van der Waals surface area (Å²) in [4.78, 5) is 16.1. The highest BCUT2D eigenvalue weighted by molar-refractivity contribution is 6.02. The lowest BCUT2D eigenvalue weighted by Crippen LogP contribution is -2.50. The summed E-state index contributed by atoms with van der Waals surface area (Å²) >= 11 is 0. The summed E-state index contributed by atoms with van der Waals surface area (Å²) in [5.74, 6) is 2.44. The van der Waals surface area contributed by atoms with Gasteiger partial charge < -0.3 is 9.80 Å². The molecule has 0 amide bonds. The Morgan fingerprint density at radius 1 is 0.367 bits per heavy atom. The summed E-state index contributed by atoms with van der Waals surface area (Å²) in [6.45, 7) is 2.01.